The monoisotopic (exact) mass is 485 g/mol. The summed E-state index contributed by atoms with van der Waals surface area (Å²) >= 11 is 5.90. The van der Waals surface area contributed by atoms with E-state index in [4.69, 9.17) is 21.1 Å². The number of likely N-dealkylation sites (tertiary alicyclic amines) is 1. The number of hydrogen-bond donors (Lipinski definition) is 1. The zero-order valence-corrected chi connectivity index (χ0v) is 19.8. The Hall–Kier alpha value is -3.43. The van der Waals surface area contributed by atoms with Gasteiger partial charge in [0.05, 0.1) is 36.4 Å². The maximum atomic E-state index is 14.4. The van der Waals surface area contributed by atoms with E-state index >= 15 is 0 Å². The number of carbonyl (C=O) groups is 1. The summed E-state index contributed by atoms with van der Waals surface area (Å²) in [5.74, 6) is 0.770. The molecule has 2 aromatic carbocycles. The van der Waals surface area contributed by atoms with E-state index in [1.54, 1.807) is 42.4 Å². The van der Waals surface area contributed by atoms with Gasteiger partial charge in [-0.2, -0.15) is 0 Å². The van der Waals surface area contributed by atoms with Crippen molar-refractivity contribution in [3.8, 4) is 11.5 Å². The molecule has 1 aromatic heterocycles. The molecule has 0 aliphatic carbocycles. The van der Waals surface area contributed by atoms with Gasteiger partial charge in [0.1, 0.15) is 18.2 Å². The molecule has 2 heterocycles. The Morgan fingerprint density at radius 2 is 2.09 bits per heavy atom. The van der Waals surface area contributed by atoms with Gasteiger partial charge in [-0.15, -0.1) is 0 Å². The molecule has 178 valence electrons. The number of amides is 1. The largest absolute Gasteiger partial charge is 0.493 e. The minimum atomic E-state index is -0.570. The molecule has 0 saturated carbocycles. The van der Waals surface area contributed by atoms with E-state index in [0.29, 0.717) is 47.9 Å². The topological polar surface area (TPSA) is 79.8 Å². The number of likely N-dealkylation sites (N-methyl/N-ethyl adjacent to an activating group) is 1. The molecule has 1 saturated heterocycles. The number of nitrogens with one attached hydrogen (secondary N) is 1. The first-order chi connectivity index (χ1) is 16.4. The van der Waals surface area contributed by atoms with Crippen molar-refractivity contribution >= 4 is 39.9 Å². The lowest BCUT2D eigenvalue weighted by atomic mass is 10.1. The quantitative estimate of drug-likeness (QED) is 0.485. The van der Waals surface area contributed by atoms with Crippen LogP contribution in [0, 0.1) is 5.82 Å². The van der Waals surface area contributed by atoms with Crippen LogP contribution in [0.3, 0.4) is 0 Å². The van der Waals surface area contributed by atoms with Gasteiger partial charge in [-0.3, -0.25) is 4.79 Å². The fourth-order valence-corrected chi connectivity index (χ4v) is 3.66. The molecule has 0 radical (unpaired) electrons. The molecular formula is C24H25ClFN5O3. The third kappa shape index (κ3) is 5.21. The number of halogens is 2. The van der Waals surface area contributed by atoms with Crippen LogP contribution in [0.15, 0.2) is 48.8 Å². The molecule has 1 N–H and O–H groups in total. The number of hydrogen-bond acceptors (Lipinski definition) is 7. The van der Waals surface area contributed by atoms with E-state index in [9.17, 15) is 9.18 Å². The normalized spacial score (nSPS) is 14.0. The van der Waals surface area contributed by atoms with E-state index < -0.39 is 5.82 Å². The number of anilines is 2. The van der Waals surface area contributed by atoms with Crippen molar-refractivity contribution in [2.45, 2.75) is 6.10 Å². The molecule has 0 unspecified atom stereocenters. The summed E-state index contributed by atoms with van der Waals surface area (Å²) in [6.07, 6.45) is 4.62. The number of fused-ring (bicyclic) bond motifs is 1. The fraction of sp³-hybridized carbons (Fsp3) is 0.292. The summed E-state index contributed by atoms with van der Waals surface area (Å²) in [5.41, 5.74) is 0.793. The Morgan fingerprint density at radius 3 is 2.82 bits per heavy atom. The molecular weight excluding hydrogens is 461 g/mol. The third-order valence-electron chi connectivity index (χ3n) is 5.31. The van der Waals surface area contributed by atoms with Gasteiger partial charge in [0.15, 0.2) is 17.3 Å². The SMILES string of the molecule is COc1cc2ncnc(Nc3cccc(Cl)c3F)c2cc1OC1CN(C(=O)C=CCN(C)C)C1. The van der Waals surface area contributed by atoms with E-state index in [1.807, 2.05) is 25.1 Å². The highest BCUT2D eigenvalue weighted by Gasteiger charge is 2.32. The summed E-state index contributed by atoms with van der Waals surface area (Å²) < 4.78 is 26.0. The van der Waals surface area contributed by atoms with Crippen LogP contribution in [-0.4, -0.2) is 72.6 Å². The molecule has 0 bridgehead atoms. The van der Waals surface area contributed by atoms with Gasteiger partial charge in [-0.25, -0.2) is 14.4 Å². The molecule has 10 heteroatoms. The van der Waals surface area contributed by atoms with Crippen LogP contribution in [-0.2, 0) is 4.79 Å². The second-order valence-corrected chi connectivity index (χ2v) is 8.52. The van der Waals surface area contributed by atoms with Gasteiger partial charge in [0.25, 0.3) is 0 Å². The van der Waals surface area contributed by atoms with Crippen LogP contribution < -0.4 is 14.8 Å². The smallest absolute Gasteiger partial charge is 0.246 e. The molecule has 1 aliphatic rings. The number of benzene rings is 2. The van der Waals surface area contributed by atoms with Crippen molar-refractivity contribution in [2.24, 2.45) is 0 Å². The fourth-order valence-electron chi connectivity index (χ4n) is 3.49. The average Bonchev–Trinajstić information content (AvgIpc) is 2.78. The highest BCUT2D eigenvalue weighted by molar-refractivity contribution is 6.31. The van der Waals surface area contributed by atoms with Crippen molar-refractivity contribution in [3.63, 3.8) is 0 Å². The summed E-state index contributed by atoms with van der Waals surface area (Å²) in [4.78, 5) is 24.5. The molecule has 0 atom stereocenters. The van der Waals surface area contributed by atoms with Crippen LogP contribution >= 0.6 is 11.6 Å². The molecule has 1 amide bonds. The Balaban J connectivity index is 1.52. The maximum Gasteiger partial charge on any atom is 0.246 e. The predicted molar refractivity (Wildman–Crippen MR) is 129 cm³/mol. The van der Waals surface area contributed by atoms with E-state index in [0.717, 1.165) is 0 Å². The van der Waals surface area contributed by atoms with Crippen molar-refractivity contribution in [2.75, 3.05) is 46.2 Å². The van der Waals surface area contributed by atoms with E-state index in [2.05, 4.69) is 15.3 Å². The minimum Gasteiger partial charge on any atom is -0.493 e. The first-order valence-electron chi connectivity index (χ1n) is 10.7. The Kier molecular flexibility index (Phi) is 7.14. The van der Waals surface area contributed by atoms with E-state index in [1.165, 1.54) is 12.4 Å². The Labute approximate surface area is 201 Å². The van der Waals surface area contributed by atoms with Crippen molar-refractivity contribution in [1.82, 2.24) is 19.8 Å². The van der Waals surface area contributed by atoms with E-state index in [-0.39, 0.29) is 22.7 Å². The standard InChI is InChI=1S/C24H25ClFN5O3/c1-30(2)9-5-8-22(32)31-12-15(13-31)34-21-10-16-19(11-20(21)33-3)27-14-28-24(16)29-18-7-4-6-17(25)23(18)26/h4-8,10-11,14-15H,9,12-13H2,1-3H3,(H,27,28,29). The van der Waals surface area contributed by atoms with Crippen LogP contribution in [0.2, 0.25) is 5.02 Å². The van der Waals surface area contributed by atoms with Gasteiger partial charge in [-0.1, -0.05) is 23.7 Å². The average molecular weight is 486 g/mol. The second kappa shape index (κ2) is 10.2. The van der Waals surface area contributed by atoms with Crippen molar-refractivity contribution < 1.29 is 18.7 Å². The summed E-state index contributed by atoms with van der Waals surface area (Å²) in [5, 5.41) is 3.61. The zero-order chi connectivity index (χ0) is 24.2. The number of rotatable bonds is 8. The molecule has 0 spiro atoms. The predicted octanol–water partition coefficient (Wildman–Crippen LogP) is 3.88. The van der Waals surface area contributed by atoms with Crippen molar-refractivity contribution in [1.29, 1.82) is 0 Å². The highest BCUT2D eigenvalue weighted by atomic mass is 35.5. The Bertz CT molecular complexity index is 1230. The molecule has 34 heavy (non-hydrogen) atoms. The lowest BCUT2D eigenvalue weighted by Crippen LogP contribution is -2.55. The van der Waals surface area contributed by atoms with Gasteiger partial charge >= 0.3 is 0 Å². The number of carbonyl (C=O) groups excluding carboxylic acids is 1. The van der Waals surface area contributed by atoms with Gasteiger partial charge in [0.2, 0.25) is 5.91 Å². The maximum absolute atomic E-state index is 14.4. The Morgan fingerprint density at radius 1 is 1.29 bits per heavy atom. The van der Waals surface area contributed by atoms with Crippen LogP contribution in [0.1, 0.15) is 0 Å². The second-order valence-electron chi connectivity index (χ2n) is 8.12. The van der Waals surface area contributed by atoms with Crippen LogP contribution in [0.25, 0.3) is 10.9 Å². The van der Waals surface area contributed by atoms with Gasteiger partial charge in [-0.05, 0) is 32.3 Å². The molecule has 1 aliphatic heterocycles. The number of aromatic nitrogens is 2. The van der Waals surface area contributed by atoms with Gasteiger partial charge in [0, 0.05) is 24.1 Å². The molecule has 4 rings (SSSR count). The van der Waals surface area contributed by atoms with Crippen LogP contribution in [0.5, 0.6) is 11.5 Å². The number of ether oxygens (including phenoxy) is 2. The summed E-state index contributed by atoms with van der Waals surface area (Å²) in [7, 11) is 5.43. The highest BCUT2D eigenvalue weighted by Crippen LogP contribution is 2.36. The first-order valence-corrected chi connectivity index (χ1v) is 11.0. The van der Waals surface area contributed by atoms with Crippen molar-refractivity contribution in [3.05, 3.63) is 59.7 Å². The van der Waals surface area contributed by atoms with Gasteiger partial charge < -0.3 is 24.6 Å². The molecule has 3 aromatic rings. The lowest BCUT2D eigenvalue weighted by molar-refractivity contribution is -0.134. The minimum absolute atomic E-state index is 0.00898. The molecule has 8 nitrogen and oxygen atoms in total. The molecule has 1 fully saturated rings. The van der Waals surface area contributed by atoms with Crippen LogP contribution in [0.4, 0.5) is 15.9 Å². The zero-order valence-electron chi connectivity index (χ0n) is 19.1. The third-order valence-corrected chi connectivity index (χ3v) is 5.60. The summed E-state index contributed by atoms with van der Waals surface area (Å²) in [6, 6.07) is 8.18. The number of nitrogens with zero attached hydrogens (tertiary/aromatic N) is 4. The lowest BCUT2D eigenvalue weighted by Gasteiger charge is -2.38. The first kappa shape index (κ1) is 23.7. The number of methoxy groups -OCH3 is 1. The summed E-state index contributed by atoms with van der Waals surface area (Å²) in [6.45, 7) is 1.64.